The molecule has 0 aliphatic rings. The van der Waals surface area contributed by atoms with Gasteiger partial charge >= 0.3 is 0 Å². The molecule has 1 atom stereocenters. The first-order chi connectivity index (χ1) is 7.33. The van der Waals surface area contributed by atoms with E-state index in [9.17, 15) is 10.2 Å². The monoisotopic (exact) mass is 243 g/mol. The van der Waals surface area contributed by atoms with E-state index in [1.165, 1.54) is 0 Å². The van der Waals surface area contributed by atoms with Crippen molar-refractivity contribution in [1.82, 2.24) is 5.32 Å². The first kappa shape index (κ1) is 13.3. The predicted molar refractivity (Wildman–Crippen MR) is 65.7 cm³/mol. The third kappa shape index (κ3) is 3.37. The minimum Gasteiger partial charge on any atom is -0.508 e. The van der Waals surface area contributed by atoms with Crippen molar-refractivity contribution in [3.05, 3.63) is 28.8 Å². The summed E-state index contributed by atoms with van der Waals surface area (Å²) in [6, 6.07) is 4.91. The van der Waals surface area contributed by atoms with Crippen LogP contribution in [0.5, 0.6) is 5.75 Å². The molecule has 0 fully saturated rings. The molecule has 3 nitrogen and oxygen atoms in total. The molecule has 4 heteroatoms. The van der Waals surface area contributed by atoms with Gasteiger partial charge in [0.15, 0.2) is 0 Å². The van der Waals surface area contributed by atoms with Crippen LogP contribution in [-0.4, -0.2) is 21.9 Å². The molecule has 0 spiro atoms. The van der Waals surface area contributed by atoms with Crippen LogP contribution in [-0.2, 0) is 6.54 Å². The highest BCUT2D eigenvalue weighted by molar-refractivity contribution is 6.30. The van der Waals surface area contributed by atoms with Crippen LogP contribution in [0.2, 0.25) is 5.02 Å². The molecule has 0 radical (unpaired) electrons. The summed E-state index contributed by atoms with van der Waals surface area (Å²) >= 11 is 5.84. The third-order valence-electron chi connectivity index (χ3n) is 2.82. The van der Waals surface area contributed by atoms with Crippen LogP contribution in [0.3, 0.4) is 0 Å². The van der Waals surface area contributed by atoms with Crippen LogP contribution in [0, 0.1) is 0 Å². The summed E-state index contributed by atoms with van der Waals surface area (Å²) in [5.41, 5.74) is 0.315. The maximum absolute atomic E-state index is 9.61. The smallest absolute Gasteiger partial charge is 0.120 e. The zero-order valence-corrected chi connectivity index (χ0v) is 10.5. The molecule has 1 aromatic rings. The van der Waals surface area contributed by atoms with Crippen molar-refractivity contribution < 1.29 is 10.2 Å². The Morgan fingerprint density at radius 3 is 2.62 bits per heavy atom. The number of benzene rings is 1. The largest absolute Gasteiger partial charge is 0.508 e. The van der Waals surface area contributed by atoms with Gasteiger partial charge in [-0.15, -0.1) is 0 Å². The minimum atomic E-state index is -0.478. The summed E-state index contributed by atoms with van der Waals surface area (Å²) in [6.07, 6.45) is -0.478. The van der Waals surface area contributed by atoms with Gasteiger partial charge in [0, 0.05) is 22.7 Å². The molecular weight excluding hydrogens is 226 g/mol. The first-order valence-electron chi connectivity index (χ1n) is 5.23. The molecule has 0 bridgehead atoms. The lowest BCUT2D eigenvalue weighted by Gasteiger charge is -2.29. The average Bonchev–Trinajstić information content (AvgIpc) is 2.19. The van der Waals surface area contributed by atoms with E-state index in [4.69, 9.17) is 11.6 Å². The van der Waals surface area contributed by atoms with Crippen LogP contribution in [0.4, 0.5) is 0 Å². The highest BCUT2D eigenvalue weighted by Gasteiger charge is 2.23. The van der Waals surface area contributed by atoms with Gasteiger partial charge in [0.05, 0.1) is 6.10 Å². The number of rotatable bonds is 4. The molecular formula is C12H18ClNO2. The first-order valence-corrected chi connectivity index (χ1v) is 5.61. The third-order valence-corrected chi connectivity index (χ3v) is 3.06. The van der Waals surface area contributed by atoms with Crippen LogP contribution in [0.15, 0.2) is 18.2 Å². The van der Waals surface area contributed by atoms with Crippen molar-refractivity contribution in [2.45, 2.75) is 39.0 Å². The SMILES string of the molecule is CC(O)C(C)(C)NCc1cc(Cl)ccc1O. The van der Waals surface area contributed by atoms with Crippen LogP contribution in [0.1, 0.15) is 26.3 Å². The zero-order chi connectivity index (χ0) is 12.3. The highest BCUT2D eigenvalue weighted by Crippen LogP contribution is 2.22. The number of hydrogen-bond donors (Lipinski definition) is 3. The Kier molecular flexibility index (Phi) is 4.19. The van der Waals surface area contributed by atoms with E-state index >= 15 is 0 Å². The minimum absolute atomic E-state index is 0.207. The Hall–Kier alpha value is -0.770. The number of phenolic OH excluding ortho intramolecular Hbond substituents is 1. The van der Waals surface area contributed by atoms with E-state index in [0.29, 0.717) is 11.6 Å². The van der Waals surface area contributed by atoms with E-state index in [1.807, 2.05) is 13.8 Å². The van der Waals surface area contributed by atoms with Gasteiger partial charge in [0.1, 0.15) is 5.75 Å². The van der Waals surface area contributed by atoms with Gasteiger partial charge in [-0.2, -0.15) is 0 Å². The molecule has 0 amide bonds. The number of halogens is 1. The van der Waals surface area contributed by atoms with Crippen molar-refractivity contribution >= 4 is 11.6 Å². The molecule has 0 aliphatic carbocycles. The predicted octanol–water partition coefficient (Wildman–Crippen LogP) is 2.29. The number of nitrogens with one attached hydrogen (secondary N) is 1. The summed E-state index contributed by atoms with van der Waals surface area (Å²) in [4.78, 5) is 0. The molecule has 0 aliphatic heterocycles. The van der Waals surface area contributed by atoms with Gasteiger partial charge < -0.3 is 15.5 Å². The molecule has 0 saturated heterocycles. The average molecular weight is 244 g/mol. The molecule has 1 unspecified atom stereocenters. The van der Waals surface area contributed by atoms with Crippen molar-refractivity contribution in [1.29, 1.82) is 0 Å². The molecule has 0 aromatic heterocycles. The van der Waals surface area contributed by atoms with Crippen LogP contribution < -0.4 is 5.32 Å². The van der Waals surface area contributed by atoms with E-state index in [-0.39, 0.29) is 5.75 Å². The van der Waals surface area contributed by atoms with E-state index < -0.39 is 11.6 Å². The second kappa shape index (κ2) is 5.04. The number of aliphatic hydroxyl groups is 1. The lowest BCUT2D eigenvalue weighted by Crippen LogP contribution is -2.47. The van der Waals surface area contributed by atoms with Gasteiger partial charge in [-0.05, 0) is 39.0 Å². The summed E-state index contributed by atoms with van der Waals surface area (Å²) in [5, 5.41) is 22.9. The quantitative estimate of drug-likeness (QED) is 0.761. The van der Waals surface area contributed by atoms with Gasteiger partial charge in [-0.25, -0.2) is 0 Å². The highest BCUT2D eigenvalue weighted by atomic mass is 35.5. The Balaban J connectivity index is 2.71. The molecule has 0 heterocycles. The molecule has 90 valence electrons. The lowest BCUT2D eigenvalue weighted by atomic mass is 9.98. The zero-order valence-electron chi connectivity index (χ0n) is 9.79. The van der Waals surface area contributed by atoms with Gasteiger partial charge in [0.25, 0.3) is 0 Å². The van der Waals surface area contributed by atoms with Crippen molar-refractivity contribution in [2.24, 2.45) is 0 Å². The molecule has 1 aromatic carbocycles. The Labute approximate surface area is 101 Å². The topological polar surface area (TPSA) is 52.5 Å². The second-order valence-electron chi connectivity index (χ2n) is 4.52. The fraction of sp³-hybridized carbons (Fsp3) is 0.500. The van der Waals surface area contributed by atoms with Gasteiger partial charge in [-0.3, -0.25) is 0 Å². The van der Waals surface area contributed by atoms with Gasteiger partial charge in [0.2, 0.25) is 0 Å². The summed E-state index contributed by atoms with van der Waals surface area (Å²) in [7, 11) is 0. The Bertz CT molecular complexity index is 364. The molecule has 1 rings (SSSR count). The lowest BCUT2D eigenvalue weighted by molar-refractivity contribution is 0.0955. The summed E-state index contributed by atoms with van der Waals surface area (Å²) < 4.78 is 0. The van der Waals surface area contributed by atoms with E-state index in [2.05, 4.69) is 5.32 Å². The van der Waals surface area contributed by atoms with Crippen molar-refractivity contribution in [3.63, 3.8) is 0 Å². The van der Waals surface area contributed by atoms with E-state index in [0.717, 1.165) is 5.56 Å². The fourth-order valence-corrected chi connectivity index (χ4v) is 1.36. The summed E-state index contributed by atoms with van der Waals surface area (Å²) in [5.74, 6) is 0.207. The van der Waals surface area contributed by atoms with Crippen molar-refractivity contribution in [3.8, 4) is 5.75 Å². The molecule has 16 heavy (non-hydrogen) atoms. The number of aliphatic hydroxyl groups excluding tert-OH is 1. The standard InChI is InChI=1S/C12H18ClNO2/c1-8(15)12(2,3)14-7-9-6-10(13)4-5-11(9)16/h4-6,8,14-16H,7H2,1-3H3. The maximum atomic E-state index is 9.61. The number of aromatic hydroxyl groups is 1. The number of hydrogen-bond acceptors (Lipinski definition) is 3. The van der Waals surface area contributed by atoms with Gasteiger partial charge in [-0.1, -0.05) is 11.6 Å². The normalized spacial score (nSPS) is 13.8. The fourth-order valence-electron chi connectivity index (χ4n) is 1.17. The van der Waals surface area contributed by atoms with Crippen molar-refractivity contribution in [2.75, 3.05) is 0 Å². The Morgan fingerprint density at radius 2 is 2.06 bits per heavy atom. The molecule has 0 saturated carbocycles. The van der Waals surface area contributed by atoms with Crippen LogP contribution in [0.25, 0.3) is 0 Å². The van der Waals surface area contributed by atoms with E-state index in [1.54, 1.807) is 25.1 Å². The second-order valence-corrected chi connectivity index (χ2v) is 4.96. The maximum Gasteiger partial charge on any atom is 0.120 e. The van der Waals surface area contributed by atoms with Crippen LogP contribution >= 0.6 is 11.6 Å². The summed E-state index contributed by atoms with van der Waals surface area (Å²) in [6.45, 7) is 5.99. The Morgan fingerprint density at radius 1 is 1.44 bits per heavy atom. The molecule has 3 N–H and O–H groups in total. The number of phenols is 1.